The first-order valence-electron chi connectivity index (χ1n) is 10.5. The average Bonchev–Trinajstić information content (AvgIpc) is 3.03. The topological polar surface area (TPSA) is 71.3 Å². The normalized spacial score (nSPS) is 21.6. The van der Waals surface area contributed by atoms with Crippen LogP contribution in [0.2, 0.25) is 0 Å². The smallest absolute Gasteiger partial charge is 0.191 e. The van der Waals surface area contributed by atoms with Gasteiger partial charge in [-0.1, -0.05) is 25.5 Å². The van der Waals surface area contributed by atoms with Crippen LogP contribution in [0.3, 0.4) is 0 Å². The van der Waals surface area contributed by atoms with E-state index in [4.69, 9.17) is 4.99 Å². The second kappa shape index (κ2) is 10.0. The molecule has 2 aromatic rings. The van der Waals surface area contributed by atoms with E-state index in [-0.39, 0.29) is 0 Å². The molecule has 3 unspecified atom stereocenters. The Balaban J connectivity index is 1.62. The highest BCUT2D eigenvalue weighted by Gasteiger charge is 2.26. The van der Waals surface area contributed by atoms with Gasteiger partial charge in [-0.05, 0) is 45.2 Å². The van der Waals surface area contributed by atoms with Crippen LogP contribution in [0.15, 0.2) is 29.3 Å². The first kappa shape index (κ1) is 20.8. The van der Waals surface area contributed by atoms with Crippen LogP contribution in [-0.4, -0.2) is 49.9 Å². The third kappa shape index (κ3) is 5.13. The summed E-state index contributed by atoms with van der Waals surface area (Å²) in [5.74, 6) is 2.63. The number of imidazole rings is 1. The molecule has 0 amide bonds. The Bertz CT molecular complexity index is 831. The zero-order chi connectivity index (χ0) is 19.9. The van der Waals surface area contributed by atoms with Gasteiger partial charge in [0.1, 0.15) is 5.82 Å². The monoisotopic (exact) mass is 403 g/mol. The fraction of sp³-hybridized carbons (Fsp3) is 0.619. The Morgan fingerprint density at radius 1 is 1.32 bits per heavy atom. The number of rotatable bonds is 7. The molecule has 6 nitrogen and oxygen atoms in total. The van der Waals surface area contributed by atoms with Crippen LogP contribution in [-0.2, 0) is 17.3 Å². The molecule has 1 aliphatic carbocycles. The summed E-state index contributed by atoms with van der Waals surface area (Å²) in [5.41, 5.74) is 2.19. The molecule has 1 aliphatic rings. The van der Waals surface area contributed by atoms with Gasteiger partial charge < -0.3 is 15.2 Å². The van der Waals surface area contributed by atoms with Gasteiger partial charge in [0.2, 0.25) is 0 Å². The van der Waals surface area contributed by atoms with Gasteiger partial charge in [0, 0.05) is 40.9 Å². The number of aryl methyl sites for hydroxylation is 1. The lowest BCUT2D eigenvalue weighted by Crippen LogP contribution is -2.46. The average molecular weight is 404 g/mol. The molecule has 154 valence electrons. The van der Waals surface area contributed by atoms with Crippen LogP contribution in [0, 0.1) is 6.92 Å². The van der Waals surface area contributed by atoms with E-state index in [1.165, 1.54) is 0 Å². The Hall–Kier alpha value is -1.89. The van der Waals surface area contributed by atoms with Crippen molar-refractivity contribution in [3.63, 3.8) is 0 Å². The Morgan fingerprint density at radius 3 is 2.93 bits per heavy atom. The maximum absolute atomic E-state index is 12.2. The lowest BCUT2D eigenvalue weighted by molar-refractivity contribution is 0.413. The first-order chi connectivity index (χ1) is 13.6. The minimum atomic E-state index is -0.705. The highest BCUT2D eigenvalue weighted by molar-refractivity contribution is 7.85. The third-order valence-electron chi connectivity index (χ3n) is 5.41. The minimum absolute atomic E-state index is 0.319. The Kier molecular flexibility index (Phi) is 7.48. The van der Waals surface area contributed by atoms with Crippen LogP contribution >= 0.6 is 0 Å². The lowest BCUT2D eigenvalue weighted by Gasteiger charge is -2.30. The van der Waals surface area contributed by atoms with E-state index in [2.05, 4.69) is 39.2 Å². The maximum Gasteiger partial charge on any atom is 0.191 e. The van der Waals surface area contributed by atoms with Crippen molar-refractivity contribution in [3.05, 3.63) is 30.1 Å². The maximum atomic E-state index is 12.2. The van der Waals surface area contributed by atoms with Crippen molar-refractivity contribution in [3.8, 4) is 0 Å². The van der Waals surface area contributed by atoms with E-state index in [1.807, 2.05) is 26.0 Å². The predicted octanol–water partition coefficient (Wildman–Crippen LogP) is 2.98. The van der Waals surface area contributed by atoms with Crippen molar-refractivity contribution < 1.29 is 4.21 Å². The SMILES string of the molecule is CCNC(=NCCn1c(C)nc2ccccc21)NC1CCCC(S(=O)CC)C1. The number of guanidine groups is 1. The molecule has 0 aliphatic heterocycles. The van der Waals surface area contributed by atoms with Crippen LogP contribution in [0.4, 0.5) is 0 Å². The van der Waals surface area contributed by atoms with E-state index >= 15 is 0 Å². The van der Waals surface area contributed by atoms with Gasteiger partial charge >= 0.3 is 0 Å². The fourth-order valence-electron chi connectivity index (χ4n) is 4.00. The number of benzene rings is 1. The molecule has 0 radical (unpaired) electrons. The fourth-order valence-corrected chi connectivity index (χ4v) is 5.35. The minimum Gasteiger partial charge on any atom is -0.357 e. The summed E-state index contributed by atoms with van der Waals surface area (Å²) in [6.45, 7) is 8.46. The molecule has 3 atom stereocenters. The molecule has 0 bridgehead atoms. The van der Waals surface area contributed by atoms with E-state index in [9.17, 15) is 4.21 Å². The molecule has 1 heterocycles. The van der Waals surface area contributed by atoms with Crippen LogP contribution in [0.1, 0.15) is 45.4 Å². The highest BCUT2D eigenvalue weighted by atomic mass is 32.2. The van der Waals surface area contributed by atoms with Gasteiger partial charge in [0.05, 0.1) is 17.6 Å². The summed E-state index contributed by atoms with van der Waals surface area (Å²) in [4.78, 5) is 9.42. The highest BCUT2D eigenvalue weighted by Crippen LogP contribution is 2.23. The molecule has 1 aromatic carbocycles. The molecule has 3 rings (SSSR count). The second-order valence-electron chi connectivity index (χ2n) is 7.36. The van der Waals surface area contributed by atoms with Gasteiger partial charge in [-0.25, -0.2) is 4.98 Å². The molecule has 0 saturated heterocycles. The van der Waals surface area contributed by atoms with Gasteiger partial charge in [-0.2, -0.15) is 0 Å². The zero-order valence-corrected chi connectivity index (χ0v) is 18.1. The number of fused-ring (bicyclic) bond motifs is 1. The van der Waals surface area contributed by atoms with Gasteiger partial charge in [-0.15, -0.1) is 0 Å². The number of hydrogen-bond donors (Lipinski definition) is 2. The molecular formula is C21H33N5OS. The number of nitrogens with zero attached hydrogens (tertiary/aromatic N) is 3. The quantitative estimate of drug-likeness (QED) is 0.551. The number of nitrogens with one attached hydrogen (secondary N) is 2. The van der Waals surface area contributed by atoms with Crippen LogP contribution < -0.4 is 10.6 Å². The first-order valence-corrected chi connectivity index (χ1v) is 11.8. The van der Waals surface area contributed by atoms with Crippen molar-refractivity contribution in [1.82, 2.24) is 20.2 Å². The van der Waals surface area contributed by atoms with Crippen LogP contribution in [0.5, 0.6) is 0 Å². The van der Waals surface area contributed by atoms with E-state index in [1.54, 1.807) is 0 Å². The molecule has 28 heavy (non-hydrogen) atoms. The van der Waals surface area contributed by atoms with Crippen molar-refractivity contribution in [2.75, 3.05) is 18.8 Å². The molecular weight excluding hydrogens is 370 g/mol. The van der Waals surface area contributed by atoms with Crippen molar-refractivity contribution in [2.24, 2.45) is 4.99 Å². The molecule has 1 saturated carbocycles. The standard InChI is InChI=1S/C21H33N5OS/c1-4-22-21(25-17-9-8-10-18(15-17)28(27)5-2)23-13-14-26-16(3)24-19-11-6-7-12-20(19)26/h6-7,11-12,17-18H,4-5,8-10,13-15H2,1-3H3,(H2,22,23,25). The Morgan fingerprint density at radius 2 is 2.14 bits per heavy atom. The Labute approximate surface area is 170 Å². The van der Waals surface area contributed by atoms with Gasteiger partial charge in [-0.3, -0.25) is 9.20 Å². The van der Waals surface area contributed by atoms with Crippen LogP contribution in [0.25, 0.3) is 11.0 Å². The van der Waals surface area contributed by atoms with E-state index < -0.39 is 10.8 Å². The van der Waals surface area contributed by atoms with Gasteiger partial charge in [0.15, 0.2) is 5.96 Å². The summed E-state index contributed by atoms with van der Waals surface area (Å²) in [7, 11) is -0.705. The summed E-state index contributed by atoms with van der Waals surface area (Å²) >= 11 is 0. The molecule has 0 spiro atoms. The predicted molar refractivity (Wildman–Crippen MR) is 118 cm³/mol. The van der Waals surface area contributed by atoms with Crippen molar-refractivity contribution in [2.45, 2.75) is 64.3 Å². The lowest BCUT2D eigenvalue weighted by atomic mass is 9.95. The van der Waals surface area contributed by atoms with Gasteiger partial charge in [0.25, 0.3) is 0 Å². The number of hydrogen-bond acceptors (Lipinski definition) is 3. The summed E-state index contributed by atoms with van der Waals surface area (Å²) < 4.78 is 14.4. The zero-order valence-electron chi connectivity index (χ0n) is 17.3. The summed E-state index contributed by atoms with van der Waals surface area (Å²) in [5, 5.41) is 7.25. The molecule has 1 aromatic heterocycles. The molecule has 2 N–H and O–H groups in total. The molecule has 1 fully saturated rings. The number of para-hydroxylation sites is 2. The van der Waals surface area contributed by atoms with Crippen molar-refractivity contribution in [1.29, 1.82) is 0 Å². The number of aromatic nitrogens is 2. The number of aliphatic imine (C=N–C) groups is 1. The summed E-state index contributed by atoms with van der Waals surface area (Å²) in [6, 6.07) is 8.58. The summed E-state index contributed by atoms with van der Waals surface area (Å²) in [6.07, 6.45) is 4.30. The largest absolute Gasteiger partial charge is 0.357 e. The van der Waals surface area contributed by atoms with E-state index in [0.717, 1.165) is 67.3 Å². The van der Waals surface area contributed by atoms with Crippen molar-refractivity contribution >= 4 is 27.8 Å². The third-order valence-corrected chi connectivity index (χ3v) is 7.15. The molecule has 7 heteroatoms. The van der Waals surface area contributed by atoms with E-state index in [0.29, 0.717) is 17.8 Å². The second-order valence-corrected chi connectivity index (χ2v) is 9.36.